The summed E-state index contributed by atoms with van der Waals surface area (Å²) in [6, 6.07) is 1.93. The molecule has 6 N–H and O–H groups in total. The lowest BCUT2D eigenvalue weighted by molar-refractivity contribution is -0.159. The molecule has 1 heterocycles. The van der Waals surface area contributed by atoms with Crippen LogP contribution in [0.15, 0.2) is 12.1 Å². The zero-order valence-corrected chi connectivity index (χ0v) is 19.3. The number of rotatable bonds is 6. The summed E-state index contributed by atoms with van der Waals surface area (Å²) >= 11 is 0. The first kappa shape index (κ1) is 24.6. The molecular formula is C22H32FN5O5. The van der Waals surface area contributed by atoms with Crippen LogP contribution in [0.5, 0.6) is 0 Å². The van der Waals surface area contributed by atoms with Gasteiger partial charge in [0, 0.05) is 30.2 Å². The molecule has 10 nitrogen and oxygen atoms in total. The van der Waals surface area contributed by atoms with Crippen molar-refractivity contribution in [3.05, 3.63) is 23.5 Å². The van der Waals surface area contributed by atoms with E-state index in [1.165, 1.54) is 0 Å². The second-order valence-electron chi connectivity index (χ2n) is 9.99. The molecule has 2 unspecified atom stereocenters. The number of nitrogens with two attached hydrogens (primary N) is 1. The van der Waals surface area contributed by atoms with Crippen molar-refractivity contribution in [1.82, 2.24) is 10.9 Å². The van der Waals surface area contributed by atoms with E-state index in [-0.39, 0.29) is 17.3 Å². The number of carboxylic acid groups (broad SMARTS) is 1. The van der Waals surface area contributed by atoms with Crippen molar-refractivity contribution < 1.29 is 28.6 Å². The van der Waals surface area contributed by atoms with Crippen LogP contribution in [0, 0.1) is 11.2 Å². The minimum absolute atomic E-state index is 0.00989. The third-order valence-corrected chi connectivity index (χ3v) is 5.81. The van der Waals surface area contributed by atoms with Gasteiger partial charge in [0.25, 0.3) is 5.91 Å². The van der Waals surface area contributed by atoms with Crippen LogP contribution in [-0.4, -0.2) is 53.9 Å². The molecule has 2 fully saturated rings. The molecule has 33 heavy (non-hydrogen) atoms. The highest BCUT2D eigenvalue weighted by atomic mass is 19.1. The van der Waals surface area contributed by atoms with E-state index >= 15 is 4.39 Å². The number of halogens is 1. The van der Waals surface area contributed by atoms with Crippen LogP contribution in [0.3, 0.4) is 0 Å². The van der Waals surface area contributed by atoms with E-state index in [0.29, 0.717) is 25.2 Å². The first-order chi connectivity index (χ1) is 15.3. The molecule has 0 aromatic heterocycles. The number of amides is 2. The minimum Gasteiger partial charge on any atom is -0.464 e. The lowest BCUT2D eigenvalue weighted by atomic mass is 9.82. The number of anilines is 2. The Bertz CT molecular complexity index is 946. The van der Waals surface area contributed by atoms with Gasteiger partial charge in [0.05, 0.1) is 11.3 Å². The molecule has 3 rings (SSSR count). The Kier molecular flexibility index (Phi) is 6.73. The van der Waals surface area contributed by atoms with Gasteiger partial charge in [0.1, 0.15) is 17.5 Å². The highest BCUT2D eigenvalue weighted by Gasteiger charge is 2.44. The van der Waals surface area contributed by atoms with Crippen molar-refractivity contribution in [2.75, 3.05) is 23.3 Å². The fourth-order valence-electron chi connectivity index (χ4n) is 3.83. The summed E-state index contributed by atoms with van der Waals surface area (Å²) in [5.41, 5.74) is 9.45. The predicted molar refractivity (Wildman–Crippen MR) is 120 cm³/mol. The maximum Gasteiger partial charge on any atom is 0.423 e. The number of hydrogen-bond acceptors (Lipinski definition) is 7. The van der Waals surface area contributed by atoms with Crippen molar-refractivity contribution in [1.29, 1.82) is 0 Å². The number of nitrogens with zero attached hydrogens (tertiary/aromatic N) is 1. The van der Waals surface area contributed by atoms with Crippen molar-refractivity contribution in [2.45, 2.75) is 64.6 Å². The van der Waals surface area contributed by atoms with Crippen LogP contribution in [-0.2, 0) is 9.53 Å². The van der Waals surface area contributed by atoms with Gasteiger partial charge in [-0.25, -0.2) is 14.6 Å². The van der Waals surface area contributed by atoms with Crippen LogP contribution in [0.4, 0.5) is 20.6 Å². The fraction of sp³-hybridized carbons (Fsp3) is 0.591. The number of ether oxygens (including phenoxy) is 1. The van der Waals surface area contributed by atoms with E-state index in [4.69, 9.17) is 15.6 Å². The number of carbonyl (C=O) groups is 3. The van der Waals surface area contributed by atoms with Crippen molar-refractivity contribution >= 4 is 29.3 Å². The molecular weight excluding hydrogens is 433 g/mol. The van der Waals surface area contributed by atoms with Gasteiger partial charge in [-0.2, -0.15) is 0 Å². The Labute approximate surface area is 192 Å². The molecule has 1 aromatic carbocycles. The fourth-order valence-corrected chi connectivity index (χ4v) is 3.83. The first-order valence-corrected chi connectivity index (χ1v) is 10.9. The van der Waals surface area contributed by atoms with Gasteiger partial charge in [-0.1, -0.05) is 6.92 Å². The smallest absolute Gasteiger partial charge is 0.423 e. The largest absolute Gasteiger partial charge is 0.464 e. The molecule has 1 aliphatic heterocycles. The zero-order valence-electron chi connectivity index (χ0n) is 19.3. The maximum absolute atomic E-state index is 15.1. The molecule has 0 spiro atoms. The van der Waals surface area contributed by atoms with Gasteiger partial charge in [0.2, 0.25) is 0 Å². The number of nitrogens with one attached hydrogen (secondary N) is 3. The summed E-state index contributed by atoms with van der Waals surface area (Å²) in [5, 5.41) is 11.9. The van der Waals surface area contributed by atoms with E-state index in [1.807, 2.05) is 12.3 Å². The topological polar surface area (TPSA) is 146 Å². The molecule has 2 amide bonds. The Morgan fingerprint density at radius 2 is 1.94 bits per heavy atom. The number of carbonyl (C=O) groups excluding carboxylic acids is 2. The molecule has 1 saturated heterocycles. The summed E-state index contributed by atoms with van der Waals surface area (Å²) in [6.45, 7) is 8.00. The Morgan fingerprint density at radius 3 is 2.52 bits per heavy atom. The van der Waals surface area contributed by atoms with Crippen molar-refractivity contribution in [3.8, 4) is 0 Å². The number of benzene rings is 1. The van der Waals surface area contributed by atoms with Gasteiger partial charge in [-0.05, 0) is 52.2 Å². The lowest BCUT2D eigenvalue weighted by Crippen LogP contribution is -2.49. The van der Waals surface area contributed by atoms with E-state index in [0.717, 1.165) is 18.9 Å². The Balaban J connectivity index is 1.82. The average molecular weight is 466 g/mol. The highest BCUT2D eigenvalue weighted by molar-refractivity contribution is 6.01. The molecule has 182 valence electrons. The number of esters is 1. The highest BCUT2D eigenvalue weighted by Crippen LogP contribution is 2.39. The zero-order chi connectivity index (χ0) is 24.6. The Morgan fingerprint density at radius 1 is 1.27 bits per heavy atom. The monoisotopic (exact) mass is 465 g/mol. The molecule has 0 radical (unpaired) electrons. The Hall–Kier alpha value is -3.08. The molecule has 2 aliphatic rings. The average Bonchev–Trinajstić information content (AvgIpc) is 3.44. The van der Waals surface area contributed by atoms with E-state index in [9.17, 15) is 14.4 Å². The van der Waals surface area contributed by atoms with E-state index in [1.54, 1.807) is 37.2 Å². The van der Waals surface area contributed by atoms with Crippen LogP contribution in [0.2, 0.25) is 0 Å². The predicted octanol–water partition coefficient (Wildman–Crippen LogP) is 2.20. The maximum atomic E-state index is 15.1. The first-order valence-electron chi connectivity index (χ1n) is 10.9. The van der Waals surface area contributed by atoms with E-state index in [2.05, 4.69) is 5.32 Å². The third kappa shape index (κ3) is 6.04. The van der Waals surface area contributed by atoms with Crippen LogP contribution >= 0.6 is 0 Å². The van der Waals surface area contributed by atoms with Crippen LogP contribution in [0.1, 0.15) is 57.3 Å². The standard InChI is InChI=1S/C22H32FN5O5/c1-21(2,3)33-19(30)17(24)22(4)7-8-28(11-22)16-10-15(25-12-5-6-12)13(9-14(16)23)18(29)26-27-20(31)32/h9-10,12,17,25,27H,5-8,11,24H2,1-4H3,(H,26,29)(H,31,32). The normalized spacial score (nSPS) is 21.3. The molecule has 1 aromatic rings. The van der Waals surface area contributed by atoms with Gasteiger partial charge >= 0.3 is 12.1 Å². The van der Waals surface area contributed by atoms with Gasteiger partial charge in [-0.3, -0.25) is 15.0 Å². The van der Waals surface area contributed by atoms with Crippen LogP contribution in [0.25, 0.3) is 0 Å². The summed E-state index contributed by atoms with van der Waals surface area (Å²) in [7, 11) is 0. The number of hydrogen-bond donors (Lipinski definition) is 5. The molecule has 11 heteroatoms. The van der Waals surface area contributed by atoms with Crippen molar-refractivity contribution in [3.63, 3.8) is 0 Å². The summed E-state index contributed by atoms with van der Waals surface area (Å²) < 4.78 is 20.6. The van der Waals surface area contributed by atoms with Crippen LogP contribution < -0.4 is 26.8 Å². The summed E-state index contributed by atoms with van der Waals surface area (Å²) in [4.78, 5) is 37.4. The quantitative estimate of drug-likeness (QED) is 0.317. The molecule has 2 atom stereocenters. The lowest BCUT2D eigenvalue weighted by Gasteiger charge is -2.32. The van der Waals surface area contributed by atoms with Gasteiger partial charge in [-0.15, -0.1) is 0 Å². The summed E-state index contributed by atoms with van der Waals surface area (Å²) in [6.07, 6.45) is 0.972. The molecule has 0 bridgehead atoms. The SMILES string of the molecule is CC(C)(C)OC(=O)C(N)C1(C)CCN(c2cc(NC3CC3)c(C(=O)NNC(=O)O)cc2F)C1. The second-order valence-corrected chi connectivity index (χ2v) is 9.99. The number of hydrazine groups is 1. The van der Waals surface area contributed by atoms with Gasteiger partial charge < -0.3 is 25.8 Å². The second kappa shape index (κ2) is 9.05. The molecule has 1 saturated carbocycles. The molecule has 1 aliphatic carbocycles. The summed E-state index contributed by atoms with van der Waals surface area (Å²) in [5.74, 6) is -1.91. The van der Waals surface area contributed by atoms with Crippen molar-refractivity contribution in [2.24, 2.45) is 11.1 Å². The van der Waals surface area contributed by atoms with Gasteiger partial charge in [0.15, 0.2) is 0 Å². The third-order valence-electron chi connectivity index (χ3n) is 5.81. The van der Waals surface area contributed by atoms with E-state index < -0.39 is 40.8 Å². The minimum atomic E-state index is -1.44.